The van der Waals surface area contributed by atoms with Crippen molar-refractivity contribution in [2.24, 2.45) is 7.05 Å². The second kappa shape index (κ2) is 7.35. The van der Waals surface area contributed by atoms with E-state index in [1.165, 1.54) is 0 Å². The van der Waals surface area contributed by atoms with Gasteiger partial charge >= 0.3 is 6.03 Å². The largest absolute Gasteiger partial charge is 0.339 e. The van der Waals surface area contributed by atoms with Gasteiger partial charge < -0.3 is 19.7 Å². The van der Waals surface area contributed by atoms with Gasteiger partial charge in [0.1, 0.15) is 5.82 Å². The quantitative estimate of drug-likeness (QED) is 0.913. The molecule has 1 aliphatic heterocycles. The van der Waals surface area contributed by atoms with Gasteiger partial charge in [-0.2, -0.15) is 0 Å². The van der Waals surface area contributed by atoms with Crippen LogP contribution in [0, 0.1) is 0 Å². The smallest absolute Gasteiger partial charge is 0.317 e. The lowest BCUT2D eigenvalue weighted by atomic mass is 10.2. The van der Waals surface area contributed by atoms with E-state index in [0.29, 0.717) is 12.1 Å². The topological polar surface area (TPSA) is 70.5 Å². The third kappa shape index (κ3) is 3.66. The van der Waals surface area contributed by atoms with Crippen LogP contribution < -0.4 is 5.32 Å². The number of aromatic nitrogens is 2. The summed E-state index contributed by atoms with van der Waals surface area (Å²) in [4.78, 5) is 32.8. The molecule has 0 atom stereocenters. The first-order valence-corrected chi connectivity index (χ1v) is 9.13. The van der Waals surface area contributed by atoms with Crippen LogP contribution in [0.25, 0.3) is 11.0 Å². The summed E-state index contributed by atoms with van der Waals surface area (Å²) in [6.07, 6.45) is 2.15. The van der Waals surface area contributed by atoms with Gasteiger partial charge in [0, 0.05) is 38.8 Å². The minimum absolute atomic E-state index is 0.0741. The fraction of sp³-hybridized carbons (Fsp3) is 0.526. The number of likely N-dealkylation sites (tertiary alicyclic amines) is 1. The van der Waals surface area contributed by atoms with Gasteiger partial charge in [0.25, 0.3) is 5.91 Å². The van der Waals surface area contributed by atoms with Crippen LogP contribution in [-0.4, -0.2) is 57.5 Å². The number of nitrogens with one attached hydrogen (secondary N) is 1. The molecule has 7 heteroatoms. The number of imidazole rings is 1. The molecular weight excluding hydrogens is 330 g/mol. The number of carbonyl (C=O) groups excluding carboxylic acids is 2. The number of fused-ring (bicyclic) bond motifs is 1. The number of rotatable bonds is 4. The Labute approximate surface area is 154 Å². The van der Waals surface area contributed by atoms with E-state index in [-0.39, 0.29) is 18.0 Å². The number of hydrogen-bond donors (Lipinski definition) is 1. The van der Waals surface area contributed by atoms with Gasteiger partial charge in [0.2, 0.25) is 0 Å². The van der Waals surface area contributed by atoms with Crippen LogP contribution >= 0.6 is 0 Å². The zero-order chi connectivity index (χ0) is 18.8. The highest BCUT2D eigenvalue weighted by atomic mass is 16.2. The van der Waals surface area contributed by atoms with Crippen molar-refractivity contribution in [3.63, 3.8) is 0 Å². The van der Waals surface area contributed by atoms with Crippen molar-refractivity contribution in [2.75, 3.05) is 20.1 Å². The number of urea groups is 1. The zero-order valence-corrected chi connectivity index (χ0v) is 16.0. The van der Waals surface area contributed by atoms with Crippen LogP contribution in [0.1, 0.15) is 42.9 Å². The average molecular weight is 357 g/mol. The number of nitrogens with zero attached hydrogens (tertiary/aromatic N) is 4. The van der Waals surface area contributed by atoms with Gasteiger partial charge in [-0.15, -0.1) is 0 Å². The predicted octanol–water partition coefficient (Wildman–Crippen LogP) is 2.36. The molecule has 0 bridgehead atoms. The molecule has 2 aromatic rings. The predicted molar refractivity (Wildman–Crippen MR) is 101 cm³/mol. The SMILES string of the molecule is CC(C)NC(=O)N(C)Cc1nc2cc(C(=O)N3CCCC3)ccc2n1C. The molecule has 0 unspecified atom stereocenters. The molecule has 2 heterocycles. The van der Waals surface area contributed by atoms with E-state index in [4.69, 9.17) is 0 Å². The monoisotopic (exact) mass is 357 g/mol. The van der Waals surface area contributed by atoms with Gasteiger partial charge in [0.05, 0.1) is 17.6 Å². The Morgan fingerprint density at radius 2 is 1.96 bits per heavy atom. The molecule has 140 valence electrons. The highest BCUT2D eigenvalue weighted by Crippen LogP contribution is 2.20. The Morgan fingerprint density at radius 3 is 2.62 bits per heavy atom. The molecule has 0 spiro atoms. The molecule has 0 saturated carbocycles. The van der Waals surface area contributed by atoms with Gasteiger partial charge in [-0.25, -0.2) is 9.78 Å². The molecule has 26 heavy (non-hydrogen) atoms. The molecule has 1 fully saturated rings. The Hall–Kier alpha value is -2.57. The van der Waals surface area contributed by atoms with Crippen LogP contribution in [0.5, 0.6) is 0 Å². The lowest BCUT2D eigenvalue weighted by molar-refractivity contribution is 0.0793. The van der Waals surface area contributed by atoms with E-state index in [1.807, 2.05) is 48.6 Å². The van der Waals surface area contributed by atoms with Crippen molar-refractivity contribution in [2.45, 2.75) is 39.3 Å². The number of benzene rings is 1. The molecule has 0 radical (unpaired) electrons. The maximum absolute atomic E-state index is 12.6. The highest BCUT2D eigenvalue weighted by Gasteiger charge is 2.21. The Kier molecular flexibility index (Phi) is 5.15. The van der Waals surface area contributed by atoms with E-state index in [2.05, 4.69) is 10.3 Å². The van der Waals surface area contributed by atoms with Crippen LogP contribution in [0.3, 0.4) is 0 Å². The third-order valence-corrected chi connectivity index (χ3v) is 4.75. The molecule has 7 nitrogen and oxygen atoms in total. The Bertz CT molecular complexity index is 821. The number of amides is 3. The standard InChI is InChI=1S/C19H27N5O2/c1-13(2)20-19(26)22(3)12-17-21-15-11-14(7-8-16(15)23(17)4)18(25)24-9-5-6-10-24/h7-8,11,13H,5-6,9-10,12H2,1-4H3,(H,20,26). The fourth-order valence-corrected chi connectivity index (χ4v) is 3.27. The summed E-state index contributed by atoms with van der Waals surface area (Å²) in [6, 6.07) is 5.61. The van der Waals surface area contributed by atoms with E-state index in [9.17, 15) is 9.59 Å². The van der Waals surface area contributed by atoms with Crippen LogP contribution in [-0.2, 0) is 13.6 Å². The van der Waals surface area contributed by atoms with Crippen molar-refractivity contribution >= 4 is 23.0 Å². The van der Waals surface area contributed by atoms with Crippen molar-refractivity contribution in [3.8, 4) is 0 Å². The second-order valence-corrected chi connectivity index (χ2v) is 7.25. The normalized spacial score (nSPS) is 14.3. The number of aryl methyl sites for hydroxylation is 1. The third-order valence-electron chi connectivity index (χ3n) is 4.75. The molecule has 1 aromatic heterocycles. The van der Waals surface area contributed by atoms with Gasteiger partial charge in [-0.1, -0.05) is 0 Å². The first-order valence-electron chi connectivity index (χ1n) is 9.13. The molecule has 1 saturated heterocycles. The van der Waals surface area contributed by atoms with E-state index < -0.39 is 0 Å². The molecular formula is C19H27N5O2. The summed E-state index contributed by atoms with van der Waals surface area (Å²) < 4.78 is 1.97. The number of carbonyl (C=O) groups is 2. The summed E-state index contributed by atoms with van der Waals surface area (Å²) in [5.41, 5.74) is 2.41. The summed E-state index contributed by atoms with van der Waals surface area (Å²) in [6.45, 7) is 5.93. The first kappa shape index (κ1) is 18.2. The Morgan fingerprint density at radius 1 is 1.27 bits per heavy atom. The van der Waals surface area contributed by atoms with E-state index in [1.54, 1.807) is 11.9 Å². The average Bonchev–Trinajstić information content (AvgIpc) is 3.22. The summed E-state index contributed by atoms with van der Waals surface area (Å²) in [5.74, 6) is 0.859. The first-order chi connectivity index (χ1) is 12.4. The summed E-state index contributed by atoms with van der Waals surface area (Å²) in [7, 11) is 3.68. The van der Waals surface area contributed by atoms with Crippen LogP contribution in [0.15, 0.2) is 18.2 Å². The van der Waals surface area contributed by atoms with E-state index in [0.717, 1.165) is 42.8 Å². The fourth-order valence-electron chi connectivity index (χ4n) is 3.27. The Balaban J connectivity index is 1.81. The minimum Gasteiger partial charge on any atom is -0.339 e. The summed E-state index contributed by atoms with van der Waals surface area (Å²) in [5, 5.41) is 2.87. The lowest BCUT2D eigenvalue weighted by Gasteiger charge is -2.19. The van der Waals surface area contributed by atoms with Gasteiger partial charge in [0.15, 0.2) is 0 Å². The molecule has 3 amide bonds. The van der Waals surface area contributed by atoms with Gasteiger partial charge in [-0.05, 0) is 44.9 Å². The molecule has 1 N–H and O–H groups in total. The van der Waals surface area contributed by atoms with E-state index >= 15 is 0 Å². The zero-order valence-electron chi connectivity index (χ0n) is 16.0. The van der Waals surface area contributed by atoms with Crippen molar-refractivity contribution in [1.29, 1.82) is 0 Å². The van der Waals surface area contributed by atoms with Crippen molar-refractivity contribution in [3.05, 3.63) is 29.6 Å². The lowest BCUT2D eigenvalue weighted by Crippen LogP contribution is -2.40. The molecule has 3 rings (SSSR count). The maximum atomic E-state index is 12.6. The highest BCUT2D eigenvalue weighted by molar-refractivity contribution is 5.97. The molecule has 0 aliphatic carbocycles. The van der Waals surface area contributed by atoms with Crippen molar-refractivity contribution < 1.29 is 9.59 Å². The van der Waals surface area contributed by atoms with Gasteiger partial charge in [-0.3, -0.25) is 4.79 Å². The number of hydrogen-bond acceptors (Lipinski definition) is 3. The maximum Gasteiger partial charge on any atom is 0.317 e. The van der Waals surface area contributed by atoms with Crippen molar-refractivity contribution in [1.82, 2.24) is 24.7 Å². The van der Waals surface area contributed by atoms with Crippen LogP contribution in [0.2, 0.25) is 0 Å². The minimum atomic E-state index is -0.128. The second-order valence-electron chi connectivity index (χ2n) is 7.25. The van der Waals surface area contributed by atoms with Crippen LogP contribution in [0.4, 0.5) is 4.79 Å². The summed E-state index contributed by atoms with van der Waals surface area (Å²) >= 11 is 0. The molecule has 1 aromatic carbocycles. The molecule has 1 aliphatic rings.